The zero-order valence-electron chi connectivity index (χ0n) is 9.95. The fourth-order valence-corrected chi connectivity index (χ4v) is 1.60. The number of imidazole rings is 1. The van der Waals surface area contributed by atoms with E-state index in [4.69, 9.17) is 0 Å². The van der Waals surface area contributed by atoms with Gasteiger partial charge in [-0.3, -0.25) is 4.79 Å². The molecule has 0 aliphatic rings. The summed E-state index contributed by atoms with van der Waals surface area (Å²) >= 11 is 0. The van der Waals surface area contributed by atoms with Gasteiger partial charge in [-0.2, -0.15) is 5.10 Å². The summed E-state index contributed by atoms with van der Waals surface area (Å²) in [6.07, 6.45) is 5.60. The van der Waals surface area contributed by atoms with Gasteiger partial charge in [0, 0.05) is 12.7 Å². The zero-order chi connectivity index (χ0) is 12.3. The first kappa shape index (κ1) is 11.5. The lowest BCUT2D eigenvalue weighted by molar-refractivity contribution is 0.111. The summed E-state index contributed by atoms with van der Waals surface area (Å²) in [6, 6.07) is 0. The standard InChI is InChI=1S/C11H15N5O/c1-9(2)3-16-11(12-7-14-16)5-15-4-10(6-17)13-8-15/h4,6-9H,3,5H2,1-2H3. The average molecular weight is 233 g/mol. The van der Waals surface area contributed by atoms with Gasteiger partial charge < -0.3 is 4.57 Å². The molecule has 2 heterocycles. The Morgan fingerprint density at radius 3 is 2.88 bits per heavy atom. The lowest BCUT2D eigenvalue weighted by atomic mass is 10.2. The lowest BCUT2D eigenvalue weighted by Crippen LogP contribution is -2.12. The Hall–Kier alpha value is -1.98. The predicted octanol–water partition coefficient (Wildman–Crippen LogP) is 0.991. The van der Waals surface area contributed by atoms with E-state index in [1.165, 1.54) is 0 Å². The molecule has 0 bridgehead atoms. The molecule has 17 heavy (non-hydrogen) atoms. The molecule has 0 N–H and O–H groups in total. The molecule has 0 radical (unpaired) electrons. The second kappa shape index (κ2) is 4.90. The highest BCUT2D eigenvalue weighted by Crippen LogP contribution is 2.04. The van der Waals surface area contributed by atoms with E-state index in [9.17, 15) is 4.79 Å². The summed E-state index contributed by atoms with van der Waals surface area (Å²) in [4.78, 5) is 18.7. The van der Waals surface area contributed by atoms with Crippen LogP contribution in [0.5, 0.6) is 0 Å². The molecule has 0 atom stereocenters. The van der Waals surface area contributed by atoms with Crippen molar-refractivity contribution in [3.8, 4) is 0 Å². The monoisotopic (exact) mass is 233 g/mol. The first-order valence-electron chi connectivity index (χ1n) is 5.52. The highest BCUT2D eigenvalue weighted by molar-refractivity contribution is 5.70. The summed E-state index contributed by atoms with van der Waals surface area (Å²) in [5, 5.41) is 4.18. The Labute approximate surface area is 99.3 Å². The largest absolute Gasteiger partial charge is 0.329 e. The fraction of sp³-hybridized carbons (Fsp3) is 0.455. The van der Waals surface area contributed by atoms with E-state index >= 15 is 0 Å². The minimum Gasteiger partial charge on any atom is -0.329 e. The SMILES string of the molecule is CC(C)Cn1ncnc1Cn1cnc(C=O)c1. The number of carbonyl (C=O) groups is 1. The van der Waals surface area contributed by atoms with Gasteiger partial charge in [-0.25, -0.2) is 14.6 Å². The molecule has 0 amide bonds. The average Bonchev–Trinajstić information content (AvgIpc) is 2.89. The van der Waals surface area contributed by atoms with E-state index < -0.39 is 0 Å². The van der Waals surface area contributed by atoms with E-state index in [1.807, 2.05) is 9.25 Å². The van der Waals surface area contributed by atoms with Gasteiger partial charge in [0.25, 0.3) is 0 Å². The maximum absolute atomic E-state index is 10.5. The quantitative estimate of drug-likeness (QED) is 0.722. The van der Waals surface area contributed by atoms with Crippen molar-refractivity contribution in [2.45, 2.75) is 26.9 Å². The summed E-state index contributed by atoms with van der Waals surface area (Å²) < 4.78 is 3.70. The van der Waals surface area contributed by atoms with Crippen LogP contribution in [-0.4, -0.2) is 30.6 Å². The zero-order valence-corrected chi connectivity index (χ0v) is 9.95. The Bertz CT molecular complexity index is 499. The van der Waals surface area contributed by atoms with E-state index in [-0.39, 0.29) is 0 Å². The molecule has 0 aliphatic carbocycles. The second-order valence-electron chi connectivity index (χ2n) is 4.34. The molecular formula is C11H15N5O. The van der Waals surface area contributed by atoms with Crippen LogP contribution in [0.1, 0.15) is 30.2 Å². The molecule has 6 nitrogen and oxygen atoms in total. The number of aromatic nitrogens is 5. The molecule has 0 fully saturated rings. The van der Waals surface area contributed by atoms with Crippen LogP contribution in [0.15, 0.2) is 18.9 Å². The summed E-state index contributed by atoms with van der Waals surface area (Å²) in [5.74, 6) is 1.39. The number of aldehydes is 1. The van der Waals surface area contributed by atoms with Crippen LogP contribution in [0, 0.1) is 5.92 Å². The maximum atomic E-state index is 10.5. The van der Waals surface area contributed by atoms with E-state index in [1.54, 1.807) is 18.9 Å². The molecule has 2 rings (SSSR count). The minimum atomic E-state index is 0.430. The van der Waals surface area contributed by atoms with Crippen molar-refractivity contribution < 1.29 is 4.79 Å². The lowest BCUT2D eigenvalue weighted by Gasteiger charge is -2.08. The highest BCUT2D eigenvalue weighted by Gasteiger charge is 2.07. The minimum absolute atomic E-state index is 0.430. The number of hydrogen-bond donors (Lipinski definition) is 0. The van der Waals surface area contributed by atoms with Crippen LogP contribution in [0.4, 0.5) is 0 Å². The van der Waals surface area contributed by atoms with Crippen molar-refractivity contribution in [3.05, 3.63) is 30.4 Å². The Morgan fingerprint density at radius 1 is 1.41 bits per heavy atom. The summed E-state index contributed by atoms with van der Waals surface area (Å²) in [7, 11) is 0. The van der Waals surface area contributed by atoms with Crippen LogP contribution >= 0.6 is 0 Å². The van der Waals surface area contributed by atoms with Crippen LogP contribution in [0.25, 0.3) is 0 Å². The third-order valence-electron chi connectivity index (χ3n) is 2.33. The number of nitrogens with zero attached hydrogens (tertiary/aromatic N) is 5. The van der Waals surface area contributed by atoms with Crippen molar-refractivity contribution in [2.24, 2.45) is 5.92 Å². The first-order chi connectivity index (χ1) is 8.19. The third kappa shape index (κ3) is 2.77. The topological polar surface area (TPSA) is 65.6 Å². The molecule has 0 saturated carbocycles. The van der Waals surface area contributed by atoms with Crippen LogP contribution in [0.2, 0.25) is 0 Å². The highest BCUT2D eigenvalue weighted by atomic mass is 16.1. The van der Waals surface area contributed by atoms with Crippen LogP contribution in [-0.2, 0) is 13.1 Å². The Kier molecular flexibility index (Phi) is 3.32. The van der Waals surface area contributed by atoms with Gasteiger partial charge in [0.1, 0.15) is 17.8 Å². The van der Waals surface area contributed by atoms with Crippen LogP contribution < -0.4 is 0 Å². The maximum Gasteiger partial charge on any atom is 0.169 e. The van der Waals surface area contributed by atoms with Crippen molar-refractivity contribution >= 4 is 6.29 Å². The normalized spacial score (nSPS) is 11.0. The van der Waals surface area contributed by atoms with Crippen molar-refractivity contribution in [1.29, 1.82) is 0 Å². The van der Waals surface area contributed by atoms with Gasteiger partial charge in [-0.05, 0) is 5.92 Å². The second-order valence-corrected chi connectivity index (χ2v) is 4.34. The van der Waals surface area contributed by atoms with E-state index in [0.717, 1.165) is 18.7 Å². The molecule has 2 aromatic heterocycles. The van der Waals surface area contributed by atoms with E-state index in [0.29, 0.717) is 18.2 Å². The van der Waals surface area contributed by atoms with Gasteiger partial charge in [-0.1, -0.05) is 13.8 Å². The van der Waals surface area contributed by atoms with Gasteiger partial charge in [0.15, 0.2) is 6.29 Å². The molecule has 0 aromatic carbocycles. The molecule has 0 aliphatic heterocycles. The van der Waals surface area contributed by atoms with Crippen molar-refractivity contribution in [3.63, 3.8) is 0 Å². The molecule has 2 aromatic rings. The number of rotatable bonds is 5. The van der Waals surface area contributed by atoms with E-state index in [2.05, 4.69) is 28.9 Å². The number of carbonyl (C=O) groups excluding carboxylic acids is 1. The number of hydrogen-bond acceptors (Lipinski definition) is 4. The molecular weight excluding hydrogens is 218 g/mol. The van der Waals surface area contributed by atoms with Gasteiger partial charge in [0.2, 0.25) is 0 Å². The third-order valence-corrected chi connectivity index (χ3v) is 2.33. The molecule has 6 heteroatoms. The molecule has 90 valence electrons. The van der Waals surface area contributed by atoms with Gasteiger partial charge in [0.05, 0.1) is 12.9 Å². The Balaban J connectivity index is 2.12. The fourth-order valence-electron chi connectivity index (χ4n) is 1.60. The smallest absolute Gasteiger partial charge is 0.169 e. The molecule has 0 saturated heterocycles. The van der Waals surface area contributed by atoms with Crippen LogP contribution in [0.3, 0.4) is 0 Å². The molecule has 0 unspecified atom stereocenters. The summed E-state index contributed by atoms with van der Waals surface area (Å²) in [6.45, 7) is 5.68. The van der Waals surface area contributed by atoms with Gasteiger partial charge >= 0.3 is 0 Å². The van der Waals surface area contributed by atoms with Gasteiger partial charge in [-0.15, -0.1) is 0 Å². The van der Waals surface area contributed by atoms with Crippen molar-refractivity contribution in [2.75, 3.05) is 0 Å². The Morgan fingerprint density at radius 2 is 2.24 bits per heavy atom. The summed E-state index contributed by atoms with van der Waals surface area (Å²) in [5.41, 5.74) is 0.430. The molecule has 0 spiro atoms. The first-order valence-corrected chi connectivity index (χ1v) is 5.52. The van der Waals surface area contributed by atoms with Crippen molar-refractivity contribution in [1.82, 2.24) is 24.3 Å². The predicted molar refractivity (Wildman–Crippen MR) is 61.6 cm³/mol.